The monoisotopic (exact) mass is 865 g/mol. The molecule has 0 saturated heterocycles. The van der Waals surface area contributed by atoms with Crippen molar-refractivity contribution in [2.75, 3.05) is 14.1 Å². The van der Waals surface area contributed by atoms with Gasteiger partial charge in [0, 0.05) is 41.9 Å². The lowest BCUT2D eigenvalue weighted by Gasteiger charge is -2.29. The molecule has 4 aromatic rings. The first-order chi connectivity index (χ1) is 29.2. The Labute approximate surface area is 372 Å². The van der Waals surface area contributed by atoms with Gasteiger partial charge in [0.25, 0.3) is 0 Å². The Morgan fingerprint density at radius 1 is 0.607 bits per heavy atom. The highest BCUT2D eigenvalue weighted by Gasteiger charge is 2.42. The second-order valence-corrected chi connectivity index (χ2v) is 17.4. The number of rotatable bonds is 16. The van der Waals surface area contributed by atoms with Gasteiger partial charge in [0.1, 0.15) is 5.78 Å². The smallest absolute Gasteiger partial charge is 0.309 e. The van der Waals surface area contributed by atoms with Gasteiger partial charge in [0.15, 0.2) is 0 Å². The van der Waals surface area contributed by atoms with Crippen LogP contribution in [0.2, 0.25) is 0 Å². The van der Waals surface area contributed by atoms with Crippen LogP contribution < -0.4 is 16.4 Å². The van der Waals surface area contributed by atoms with E-state index in [0.717, 1.165) is 79.2 Å². The number of carboxylic acid groups (broad SMARTS) is 1. The molecule has 2 saturated carbocycles. The van der Waals surface area contributed by atoms with Crippen LogP contribution in [0.5, 0.6) is 0 Å². The minimum Gasteiger partial charge on any atom is -0.481 e. The first-order valence-corrected chi connectivity index (χ1v) is 21.9. The highest BCUT2D eigenvalue weighted by molar-refractivity contribution is 6.29. The van der Waals surface area contributed by atoms with Crippen LogP contribution in [-0.4, -0.2) is 48.8 Å². The number of allylic oxidation sites excluding steroid dienone is 2. The zero-order valence-electron chi connectivity index (χ0n) is 35.6. The summed E-state index contributed by atoms with van der Waals surface area (Å²) in [6.45, 7) is 7.36. The summed E-state index contributed by atoms with van der Waals surface area (Å²) in [7, 11) is 3.23. The maximum atomic E-state index is 13.3. The first-order valence-electron chi connectivity index (χ1n) is 21.1. The second kappa shape index (κ2) is 23.8. The van der Waals surface area contributed by atoms with E-state index in [9.17, 15) is 19.2 Å². The number of nitrogens with two attached hydrogens (primary N) is 1. The maximum Gasteiger partial charge on any atom is 0.309 e. The number of hydrogen-bond donors (Lipinski definition) is 4. The number of carbonyl (C=O) groups is 4. The van der Waals surface area contributed by atoms with E-state index in [1.165, 1.54) is 5.56 Å². The Balaban J connectivity index is 0.000000224. The lowest BCUT2D eigenvalue weighted by molar-refractivity contribution is -0.148. The molecule has 0 radical (unpaired) electrons. The summed E-state index contributed by atoms with van der Waals surface area (Å²) in [6.07, 6.45) is 9.48. The first kappa shape index (κ1) is 48.6. The van der Waals surface area contributed by atoms with E-state index in [1.807, 2.05) is 48.5 Å². The van der Waals surface area contributed by atoms with Crippen LogP contribution in [0.15, 0.2) is 132 Å². The number of likely N-dealkylation sites (N-methyl/N-ethyl adjacent to an activating group) is 1. The summed E-state index contributed by atoms with van der Waals surface area (Å²) in [6, 6.07) is 36.3. The number of carboxylic acids is 1. The highest BCUT2D eigenvalue weighted by atomic mass is 35.5. The quantitative estimate of drug-likeness (QED) is 0.0885. The molecule has 6 rings (SSSR count). The molecular formula is C51H61Cl2N3O5. The third kappa shape index (κ3) is 14.6. The van der Waals surface area contributed by atoms with Crippen molar-refractivity contribution < 1.29 is 24.3 Å². The van der Waals surface area contributed by atoms with Crippen LogP contribution in [0.1, 0.15) is 81.8 Å². The van der Waals surface area contributed by atoms with E-state index in [1.54, 1.807) is 14.1 Å². The predicted molar refractivity (Wildman–Crippen MR) is 249 cm³/mol. The van der Waals surface area contributed by atoms with Gasteiger partial charge < -0.3 is 21.5 Å². The Morgan fingerprint density at radius 2 is 0.984 bits per heavy atom. The van der Waals surface area contributed by atoms with E-state index in [2.05, 4.69) is 84.5 Å². The van der Waals surface area contributed by atoms with Crippen LogP contribution in [0.3, 0.4) is 0 Å². The summed E-state index contributed by atoms with van der Waals surface area (Å²) < 4.78 is 0. The molecule has 2 aliphatic rings. The number of carbonyl (C=O) groups excluding carboxylic acids is 3. The summed E-state index contributed by atoms with van der Waals surface area (Å²) in [5.74, 6) is -1.18. The Bertz CT molecular complexity index is 2060. The van der Waals surface area contributed by atoms with E-state index in [4.69, 9.17) is 34.0 Å². The fourth-order valence-electron chi connectivity index (χ4n) is 8.50. The topological polar surface area (TPSA) is 139 Å². The standard InChI is InChI=1S/C26H30ClNO2.C16H18N2O.C9H13ClO2/c1-19(27)18-26(14-6-7-15-26)24(29)17-23(25(30)28-2)16-20-10-12-22(13-11-20)21-8-4-3-5-9-21;1-18-16(19)15(17)11-12-7-9-14(10-8-12)13-5-3-2-4-6-13;1-7(10)6-9(8(11)12)4-2-3-5-9/h3-5,8-13,23H,1,6-7,14-18H2,2H3,(H,28,30);2-10,15H,11,17H2,1H3,(H,18,19);1-6H2,(H,11,12). The molecule has 2 unspecified atom stereocenters. The van der Waals surface area contributed by atoms with Crippen molar-refractivity contribution in [3.8, 4) is 22.3 Å². The van der Waals surface area contributed by atoms with Crippen LogP contribution >= 0.6 is 23.2 Å². The molecule has 10 heteroatoms. The number of Topliss-reactive ketones (excluding diaryl/α,β-unsaturated/α-hetero) is 1. The summed E-state index contributed by atoms with van der Waals surface area (Å²) in [4.78, 5) is 48.2. The van der Waals surface area contributed by atoms with Crippen molar-refractivity contribution in [2.45, 2.75) is 89.5 Å². The number of amides is 2. The lowest BCUT2D eigenvalue weighted by atomic mass is 9.74. The molecule has 8 nitrogen and oxygen atoms in total. The number of benzene rings is 4. The van der Waals surface area contributed by atoms with Crippen LogP contribution in [0, 0.1) is 16.7 Å². The minimum atomic E-state index is -0.721. The summed E-state index contributed by atoms with van der Waals surface area (Å²) >= 11 is 11.7. The molecule has 4 aromatic carbocycles. The molecule has 2 atom stereocenters. The van der Waals surface area contributed by atoms with E-state index in [0.29, 0.717) is 35.7 Å². The highest BCUT2D eigenvalue weighted by Crippen LogP contribution is 2.46. The van der Waals surface area contributed by atoms with Gasteiger partial charge in [-0.05, 0) is 84.7 Å². The number of hydrogen-bond acceptors (Lipinski definition) is 5. The average molecular weight is 867 g/mol. The van der Waals surface area contributed by atoms with Crippen molar-refractivity contribution in [1.82, 2.24) is 10.6 Å². The van der Waals surface area contributed by atoms with Gasteiger partial charge >= 0.3 is 5.97 Å². The van der Waals surface area contributed by atoms with E-state index < -0.39 is 22.8 Å². The molecule has 5 N–H and O–H groups in total. The molecule has 0 heterocycles. The van der Waals surface area contributed by atoms with E-state index >= 15 is 0 Å². The molecule has 2 fully saturated rings. The molecule has 2 amide bonds. The van der Waals surface area contributed by atoms with Gasteiger partial charge in [-0.3, -0.25) is 19.2 Å². The fraction of sp³-hybridized carbons (Fsp3) is 0.373. The van der Waals surface area contributed by atoms with Gasteiger partial charge in [0.2, 0.25) is 11.8 Å². The Morgan fingerprint density at radius 3 is 1.38 bits per heavy atom. The van der Waals surface area contributed by atoms with Crippen molar-refractivity contribution in [2.24, 2.45) is 22.5 Å². The Kier molecular flexibility index (Phi) is 19.0. The molecular weight excluding hydrogens is 805 g/mol. The van der Waals surface area contributed by atoms with Crippen molar-refractivity contribution >= 4 is 46.8 Å². The predicted octanol–water partition coefficient (Wildman–Crippen LogP) is 10.7. The third-order valence-electron chi connectivity index (χ3n) is 11.9. The van der Waals surface area contributed by atoms with Crippen LogP contribution in [0.25, 0.3) is 22.3 Å². The molecule has 0 bridgehead atoms. The van der Waals surface area contributed by atoms with Gasteiger partial charge in [-0.2, -0.15) is 0 Å². The number of halogens is 2. The molecule has 324 valence electrons. The van der Waals surface area contributed by atoms with Crippen LogP contribution in [0.4, 0.5) is 0 Å². The molecule has 0 spiro atoms. The zero-order chi connectivity index (χ0) is 44.4. The minimum absolute atomic E-state index is 0.0895. The number of nitrogens with one attached hydrogen (secondary N) is 2. The van der Waals surface area contributed by atoms with Gasteiger partial charge in [0.05, 0.1) is 11.5 Å². The molecule has 0 aromatic heterocycles. The normalized spacial score (nSPS) is 15.7. The van der Waals surface area contributed by atoms with Crippen molar-refractivity contribution in [3.05, 3.63) is 144 Å². The average Bonchev–Trinajstić information content (AvgIpc) is 3.95. The fourth-order valence-corrected chi connectivity index (χ4v) is 9.02. The van der Waals surface area contributed by atoms with Gasteiger partial charge in [-0.1, -0.05) is 171 Å². The van der Waals surface area contributed by atoms with Crippen LogP contribution in [-0.2, 0) is 32.0 Å². The lowest BCUT2D eigenvalue weighted by Crippen LogP contribution is -2.40. The summed E-state index contributed by atoms with van der Waals surface area (Å²) in [5, 5.41) is 15.3. The zero-order valence-corrected chi connectivity index (χ0v) is 37.1. The van der Waals surface area contributed by atoms with E-state index in [-0.39, 0.29) is 29.9 Å². The molecule has 0 aliphatic heterocycles. The largest absolute Gasteiger partial charge is 0.481 e. The number of ketones is 1. The van der Waals surface area contributed by atoms with Gasteiger partial charge in [-0.25, -0.2) is 0 Å². The van der Waals surface area contributed by atoms with Gasteiger partial charge in [-0.15, -0.1) is 0 Å². The third-order valence-corrected chi connectivity index (χ3v) is 12.2. The second-order valence-electron chi connectivity index (χ2n) is 16.4. The summed E-state index contributed by atoms with van der Waals surface area (Å²) in [5.41, 5.74) is 11.5. The SMILES string of the molecule is C=C(Cl)CC1(C(=O)CC(Cc2ccc(-c3ccccc3)cc2)C(=O)NC)CCCC1.C=C(Cl)CC1(C(=O)O)CCCC1.CNC(=O)C(N)Cc1ccc(-c2ccccc2)cc1. The maximum absolute atomic E-state index is 13.3. The van der Waals surface area contributed by atoms with Crippen molar-refractivity contribution in [3.63, 3.8) is 0 Å². The molecule has 2 aliphatic carbocycles. The number of aliphatic carboxylic acids is 1. The molecule has 61 heavy (non-hydrogen) atoms. The van der Waals surface area contributed by atoms with Crippen molar-refractivity contribution in [1.29, 1.82) is 0 Å². The Hall–Kier alpha value is -5.02.